The molecule has 2 heterocycles. The number of carbonyl (C=O) groups excluding carboxylic acids is 1. The Bertz CT molecular complexity index is 1340. The van der Waals surface area contributed by atoms with E-state index in [4.69, 9.17) is 4.43 Å². The van der Waals surface area contributed by atoms with Gasteiger partial charge < -0.3 is 24.9 Å². The summed E-state index contributed by atoms with van der Waals surface area (Å²) in [6, 6.07) is 28.4. The fourth-order valence-corrected chi connectivity index (χ4v) is 11.9. The van der Waals surface area contributed by atoms with Gasteiger partial charge in [-0.25, -0.2) is 0 Å². The quantitative estimate of drug-likeness (QED) is 0.373. The summed E-state index contributed by atoms with van der Waals surface area (Å²) in [5, 5.41) is 9.23. The van der Waals surface area contributed by atoms with Gasteiger partial charge in [0.25, 0.3) is 8.32 Å². The number of likely N-dealkylation sites (N-methyl/N-ethyl adjacent to an activating group) is 2. The van der Waals surface area contributed by atoms with Crippen molar-refractivity contribution in [3.05, 3.63) is 84.4 Å². The Morgan fingerprint density at radius 3 is 2.16 bits per heavy atom. The van der Waals surface area contributed by atoms with Crippen LogP contribution in [0.2, 0.25) is 5.04 Å². The van der Waals surface area contributed by atoms with Gasteiger partial charge in [-0.1, -0.05) is 101 Å². The fourth-order valence-electron chi connectivity index (χ4n) is 7.25. The molecule has 0 spiro atoms. The van der Waals surface area contributed by atoms with Crippen molar-refractivity contribution in [3.8, 4) is 0 Å². The topological polar surface area (TPSA) is 56.8 Å². The molecular formula is C36H50N4O2Si. The van der Waals surface area contributed by atoms with Gasteiger partial charge in [-0.05, 0) is 58.9 Å². The van der Waals surface area contributed by atoms with Crippen LogP contribution >= 0.6 is 0 Å². The molecule has 1 amide bonds. The van der Waals surface area contributed by atoms with Crippen LogP contribution in [-0.2, 0) is 15.6 Å². The summed E-state index contributed by atoms with van der Waals surface area (Å²) in [6.45, 7) is 13.7. The molecule has 1 fully saturated rings. The fraction of sp³-hybridized carbons (Fsp3) is 0.472. The second-order valence-corrected chi connectivity index (χ2v) is 18.0. The lowest BCUT2D eigenvalue weighted by atomic mass is 9.95. The summed E-state index contributed by atoms with van der Waals surface area (Å²) in [4.78, 5) is 18.6. The van der Waals surface area contributed by atoms with E-state index in [-0.39, 0.29) is 28.9 Å². The summed E-state index contributed by atoms with van der Waals surface area (Å²) < 4.78 is 7.31. The molecule has 230 valence electrons. The van der Waals surface area contributed by atoms with E-state index in [0.717, 1.165) is 25.2 Å². The van der Waals surface area contributed by atoms with Crippen molar-refractivity contribution >= 4 is 36.0 Å². The number of hydrogen-bond acceptors (Lipinski definition) is 5. The lowest BCUT2D eigenvalue weighted by Gasteiger charge is -2.44. The summed E-state index contributed by atoms with van der Waals surface area (Å²) in [7, 11) is 1.38. The Morgan fingerprint density at radius 1 is 1.00 bits per heavy atom. The SMILES string of the molecule is CN[C@@H]1CCN(c2ccc3c(c2)N(C)[C@@H](C(C)C)C(=O)N[C@H](CO[Si](c2ccccc2)(c2ccccc2)C(C)(C)C)C3)C1. The van der Waals surface area contributed by atoms with Crippen LogP contribution in [0.25, 0.3) is 0 Å². The molecule has 7 heteroatoms. The zero-order valence-electron chi connectivity index (χ0n) is 27.1. The number of nitrogens with one attached hydrogen (secondary N) is 2. The molecule has 2 aliphatic heterocycles. The minimum Gasteiger partial charge on any atom is -0.405 e. The highest BCUT2D eigenvalue weighted by molar-refractivity contribution is 6.99. The number of carbonyl (C=O) groups is 1. The molecule has 0 aliphatic carbocycles. The Balaban J connectivity index is 1.51. The van der Waals surface area contributed by atoms with Gasteiger partial charge in [-0.2, -0.15) is 0 Å². The second kappa shape index (κ2) is 12.8. The summed E-state index contributed by atoms with van der Waals surface area (Å²) in [5.74, 6) is 0.222. The molecule has 2 N–H and O–H groups in total. The van der Waals surface area contributed by atoms with Crippen molar-refractivity contribution in [3.63, 3.8) is 0 Å². The van der Waals surface area contributed by atoms with Gasteiger partial charge in [-0.3, -0.25) is 4.79 Å². The van der Waals surface area contributed by atoms with E-state index in [1.165, 1.54) is 21.6 Å². The van der Waals surface area contributed by atoms with Crippen LogP contribution in [0.4, 0.5) is 11.4 Å². The highest BCUT2D eigenvalue weighted by Crippen LogP contribution is 2.38. The molecule has 0 radical (unpaired) electrons. The zero-order valence-corrected chi connectivity index (χ0v) is 28.1. The molecule has 3 atom stereocenters. The molecule has 1 saturated heterocycles. The van der Waals surface area contributed by atoms with Gasteiger partial charge in [0.05, 0.1) is 12.6 Å². The predicted octanol–water partition coefficient (Wildman–Crippen LogP) is 4.56. The van der Waals surface area contributed by atoms with Crippen LogP contribution in [0.15, 0.2) is 78.9 Å². The lowest BCUT2D eigenvalue weighted by Crippen LogP contribution is -2.67. The molecule has 0 bridgehead atoms. The molecular weight excluding hydrogens is 549 g/mol. The number of anilines is 2. The monoisotopic (exact) mass is 598 g/mol. The van der Waals surface area contributed by atoms with E-state index in [2.05, 4.69) is 141 Å². The van der Waals surface area contributed by atoms with Crippen LogP contribution in [0.3, 0.4) is 0 Å². The molecule has 43 heavy (non-hydrogen) atoms. The van der Waals surface area contributed by atoms with Crippen molar-refractivity contribution in [1.29, 1.82) is 0 Å². The Labute approximate surface area is 260 Å². The van der Waals surface area contributed by atoms with Crippen molar-refractivity contribution in [2.45, 2.75) is 70.6 Å². The first-order valence-corrected chi connectivity index (χ1v) is 17.8. The molecule has 3 aromatic rings. The second-order valence-electron chi connectivity index (χ2n) is 13.7. The van der Waals surface area contributed by atoms with Gasteiger partial charge >= 0.3 is 0 Å². The Morgan fingerprint density at radius 2 is 1.63 bits per heavy atom. The summed E-state index contributed by atoms with van der Waals surface area (Å²) in [6.07, 6.45) is 1.86. The summed E-state index contributed by atoms with van der Waals surface area (Å²) >= 11 is 0. The number of fused-ring (bicyclic) bond motifs is 1. The highest BCUT2D eigenvalue weighted by Gasteiger charge is 2.50. The maximum atomic E-state index is 13.9. The predicted molar refractivity (Wildman–Crippen MR) is 182 cm³/mol. The average molecular weight is 599 g/mol. The molecule has 0 saturated carbocycles. The summed E-state index contributed by atoms with van der Waals surface area (Å²) in [5.41, 5.74) is 3.62. The molecule has 0 unspecified atom stereocenters. The maximum Gasteiger partial charge on any atom is 0.261 e. The minimum absolute atomic E-state index is 0.0704. The third-order valence-corrected chi connectivity index (χ3v) is 14.5. The maximum absolute atomic E-state index is 13.9. The van der Waals surface area contributed by atoms with Gasteiger partial charge in [-0.15, -0.1) is 0 Å². The molecule has 0 aromatic heterocycles. The number of amides is 1. The van der Waals surface area contributed by atoms with Gasteiger partial charge in [0.15, 0.2) is 0 Å². The first-order valence-electron chi connectivity index (χ1n) is 15.9. The van der Waals surface area contributed by atoms with Crippen LogP contribution in [0.5, 0.6) is 0 Å². The van der Waals surface area contributed by atoms with Gasteiger partial charge in [0.2, 0.25) is 5.91 Å². The largest absolute Gasteiger partial charge is 0.405 e. The standard InChI is InChI=1S/C36H50N4O2Si/c1-26(2)34-35(41)38-29(22-27-18-19-30(23-33(27)39(34)7)40-21-20-28(24-40)37-6)25-42-43(36(3,4)5,31-14-10-8-11-15-31)32-16-12-9-13-17-32/h8-19,23,26,28-29,34,37H,20-22,24-25H2,1-7H3,(H,38,41)/t28-,29+,34+/m1/s1. The zero-order chi connectivity index (χ0) is 30.8. The average Bonchev–Trinajstić information content (AvgIpc) is 3.47. The van der Waals surface area contributed by atoms with Crippen LogP contribution in [-0.4, -0.2) is 66.1 Å². The first kappa shape index (κ1) is 31.3. The number of nitrogens with zero attached hydrogens (tertiary/aromatic N) is 2. The molecule has 5 rings (SSSR count). The van der Waals surface area contributed by atoms with Gasteiger partial charge in [0.1, 0.15) is 6.04 Å². The number of benzene rings is 3. The van der Waals surface area contributed by atoms with E-state index < -0.39 is 8.32 Å². The Kier molecular flexibility index (Phi) is 9.35. The first-order chi connectivity index (χ1) is 20.5. The van der Waals surface area contributed by atoms with E-state index in [1.807, 2.05) is 7.05 Å². The van der Waals surface area contributed by atoms with E-state index in [1.54, 1.807) is 0 Å². The van der Waals surface area contributed by atoms with Crippen molar-refractivity contribution in [2.24, 2.45) is 5.92 Å². The number of rotatable bonds is 8. The smallest absolute Gasteiger partial charge is 0.261 e. The van der Waals surface area contributed by atoms with Gasteiger partial charge in [0, 0.05) is 37.6 Å². The third-order valence-electron chi connectivity index (χ3n) is 9.46. The van der Waals surface area contributed by atoms with Crippen LogP contribution < -0.4 is 30.8 Å². The van der Waals surface area contributed by atoms with E-state index in [0.29, 0.717) is 19.1 Å². The molecule has 3 aromatic carbocycles. The normalized spacial score (nSPS) is 21.4. The van der Waals surface area contributed by atoms with Crippen LogP contribution in [0, 0.1) is 5.92 Å². The third kappa shape index (κ3) is 6.26. The lowest BCUT2D eigenvalue weighted by molar-refractivity contribution is -0.124. The van der Waals surface area contributed by atoms with Crippen molar-refractivity contribution < 1.29 is 9.22 Å². The number of hydrogen-bond donors (Lipinski definition) is 2. The Hall–Kier alpha value is -3.13. The van der Waals surface area contributed by atoms with E-state index >= 15 is 0 Å². The van der Waals surface area contributed by atoms with Crippen LogP contribution in [0.1, 0.15) is 46.6 Å². The minimum atomic E-state index is -2.74. The molecule has 6 nitrogen and oxygen atoms in total. The molecule has 2 aliphatic rings. The highest BCUT2D eigenvalue weighted by atomic mass is 28.4. The van der Waals surface area contributed by atoms with Crippen molar-refractivity contribution in [1.82, 2.24) is 10.6 Å². The van der Waals surface area contributed by atoms with E-state index in [9.17, 15) is 4.79 Å². The van der Waals surface area contributed by atoms with Crippen molar-refractivity contribution in [2.75, 3.05) is 43.6 Å².